The zero-order chi connectivity index (χ0) is 20.4. The maximum absolute atomic E-state index is 13.2. The quantitative estimate of drug-likeness (QED) is 0.608. The maximum atomic E-state index is 13.2. The Labute approximate surface area is 169 Å². The van der Waals surface area contributed by atoms with Crippen LogP contribution in [0, 0.1) is 23.0 Å². The molecule has 0 aliphatic carbocycles. The van der Waals surface area contributed by atoms with Crippen LogP contribution in [0.15, 0.2) is 48.5 Å². The van der Waals surface area contributed by atoms with Crippen LogP contribution in [0.2, 0.25) is 0 Å². The molecule has 4 rings (SSSR count). The number of anilines is 1. The van der Waals surface area contributed by atoms with E-state index in [0.29, 0.717) is 19.6 Å². The molecule has 0 saturated carbocycles. The van der Waals surface area contributed by atoms with E-state index in [9.17, 15) is 14.9 Å². The summed E-state index contributed by atoms with van der Waals surface area (Å²) in [5.74, 6) is -0.114. The van der Waals surface area contributed by atoms with Crippen molar-refractivity contribution in [3.63, 3.8) is 0 Å². The van der Waals surface area contributed by atoms with Gasteiger partial charge < -0.3 is 9.80 Å². The van der Waals surface area contributed by atoms with E-state index in [0.717, 1.165) is 18.7 Å². The molecular formula is C21H25N5O3. The molecule has 2 aliphatic heterocycles. The molecule has 2 atom stereocenters. The first kappa shape index (κ1) is 19.4. The monoisotopic (exact) mass is 395 g/mol. The Morgan fingerprint density at radius 2 is 1.76 bits per heavy atom. The van der Waals surface area contributed by atoms with E-state index in [2.05, 4.69) is 34.8 Å². The number of hydrogen-bond donors (Lipinski definition) is 2. The predicted octanol–water partition coefficient (Wildman–Crippen LogP) is 2.02. The molecule has 0 aromatic heterocycles. The van der Waals surface area contributed by atoms with Crippen LogP contribution in [0.3, 0.4) is 0 Å². The van der Waals surface area contributed by atoms with Gasteiger partial charge in [0.2, 0.25) is 5.91 Å². The summed E-state index contributed by atoms with van der Waals surface area (Å²) in [4.78, 5) is 27.9. The molecule has 29 heavy (non-hydrogen) atoms. The predicted molar refractivity (Wildman–Crippen MR) is 110 cm³/mol. The fourth-order valence-corrected chi connectivity index (χ4v) is 4.17. The third kappa shape index (κ3) is 3.94. The summed E-state index contributed by atoms with van der Waals surface area (Å²) in [5.41, 5.74) is 9.63. The van der Waals surface area contributed by atoms with Crippen LogP contribution < -0.4 is 15.8 Å². The number of benzene rings is 2. The third-order valence-corrected chi connectivity index (χ3v) is 5.81. The summed E-state index contributed by atoms with van der Waals surface area (Å²) >= 11 is 0. The highest BCUT2D eigenvalue weighted by Gasteiger charge is 2.37. The Balaban J connectivity index is 1.41. The number of nitro benzene ring substituents is 1. The van der Waals surface area contributed by atoms with Gasteiger partial charge >= 0.3 is 0 Å². The zero-order valence-electron chi connectivity index (χ0n) is 16.4. The topological polar surface area (TPSA) is 90.8 Å². The van der Waals surface area contributed by atoms with Crippen molar-refractivity contribution in [2.24, 2.45) is 5.92 Å². The second-order valence-electron chi connectivity index (χ2n) is 7.56. The number of hydrazine groups is 1. The summed E-state index contributed by atoms with van der Waals surface area (Å²) < 4.78 is 0. The van der Waals surface area contributed by atoms with Gasteiger partial charge in [-0.2, -0.15) is 0 Å². The van der Waals surface area contributed by atoms with Gasteiger partial charge in [0, 0.05) is 50.5 Å². The van der Waals surface area contributed by atoms with Gasteiger partial charge in [-0.1, -0.05) is 30.3 Å². The molecule has 152 valence electrons. The number of hydrogen-bond acceptors (Lipinski definition) is 6. The van der Waals surface area contributed by atoms with E-state index in [-0.39, 0.29) is 23.6 Å². The number of carbonyl (C=O) groups is 1. The molecule has 2 N–H and O–H groups in total. The van der Waals surface area contributed by atoms with Gasteiger partial charge in [-0.3, -0.25) is 20.3 Å². The molecule has 8 nitrogen and oxygen atoms in total. The second-order valence-corrected chi connectivity index (χ2v) is 7.56. The molecule has 8 heteroatoms. The van der Waals surface area contributed by atoms with Crippen molar-refractivity contribution in [2.45, 2.75) is 13.0 Å². The lowest BCUT2D eigenvalue weighted by Crippen LogP contribution is -2.51. The molecule has 0 spiro atoms. The molecule has 2 saturated heterocycles. The van der Waals surface area contributed by atoms with E-state index in [1.54, 1.807) is 12.1 Å². The van der Waals surface area contributed by atoms with Crippen molar-refractivity contribution in [3.05, 3.63) is 69.8 Å². The minimum atomic E-state index is -0.416. The van der Waals surface area contributed by atoms with E-state index < -0.39 is 4.92 Å². The number of non-ortho nitro benzene ring substituents is 1. The fourth-order valence-electron chi connectivity index (χ4n) is 4.17. The summed E-state index contributed by atoms with van der Waals surface area (Å²) in [6.45, 7) is 5.65. The van der Waals surface area contributed by atoms with Gasteiger partial charge in [0.1, 0.15) is 0 Å². The second kappa shape index (κ2) is 8.18. The Morgan fingerprint density at radius 3 is 2.41 bits per heavy atom. The molecule has 2 aromatic rings. The van der Waals surface area contributed by atoms with E-state index in [4.69, 9.17) is 0 Å². The molecule has 2 aromatic carbocycles. The maximum Gasteiger partial charge on any atom is 0.269 e. The Morgan fingerprint density at radius 1 is 1.07 bits per heavy atom. The van der Waals surface area contributed by atoms with Gasteiger partial charge in [-0.25, -0.2) is 5.43 Å². The van der Waals surface area contributed by atoms with Crippen LogP contribution in [0.25, 0.3) is 0 Å². The van der Waals surface area contributed by atoms with Crippen molar-refractivity contribution in [3.8, 4) is 0 Å². The number of nitro groups is 1. The van der Waals surface area contributed by atoms with Crippen molar-refractivity contribution >= 4 is 17.3 Å². The highest BCUT2D eigenvalue weighted by atomic mass is 16.6. The highest BCUT2D eigenvalue weighted by Crippen LogP contribution is 2.29. The highest BCUT2D eigenvalue weighted by molar-refractivity contribution is 5.81. The molecule has 2 fully saturated rings. The van der Waals surface area contributed by atoms with Crippen molar-refractivity contribution in [1.82, 2.24) is 15.8 Å². The molecule has 2 unspecified atom stereocenters. The zero-order valence-corrected chi connectivity index (χ0v) is 16.4. The van der Waals surface area contributed by atoms with Crippen LogP contribution >= 0.6 is 0 Å². The number of piperazine rings is 1. The standard InChI is InChI=1S/C21H25N5O3/c1-15-4-2-3-5-19(15)24-10-12-25(13-11-24)21(27)18-14-22-23-20(18)16-6-8-17(9-7-16)26(28)29/h2-9,18,20,22-23H,10-14H2,1H3. The van der Waals surface area contributed by atoms with Crippen molar-refractivity contribution < 1.29 is 9.72 Å². The first-order valence-electron chi connectivity index (χ1n) is 9.86. The Kier molecular flexibility index (Phi) is 5.46. The number of rotatable bonds is 4. The lowest BCUT2D eigenvalue weighted by molar-refractivity contribution is -0.384. The van der Waals surface area contributed by atoms with Gasteiger partial charge in [0.15, 0.2) is 0 Å². The van der Waals surface area contributed by atoms with Gasteiger partial charge in [-0.05, 0) is 24.1 Å². The summed E-state index contributed by atoms with van der Waals surface area (Å²) in [5, 5.41) is 10.9. The number of amides is 1. The molecule has 2 aliphatic rings. The van der Waals surface area contributed by atoms with Gasteiger partial charge in [0.05, 0.1) is 16.9 Å². The summed E-state index contributed by atoms with van der Waals surface area (Å²) in [6, 6.07) is 14.5. The molecule has 0 radical (unpaired) electrons. The van der Waals surface area contributed by atoms with Crippen LogP contribution in [0.1, 0.15) is 17.2 Å². The largest absolute Gasteiger partial charge is 0.368 e. The third-order valence-electron chi connectivity index (χ3n) is 5.81. The average molecular weight is 395 g/mol. The first-order valence-corrected chi connectivity index (χ1v) is 9.86. The molecular weight excluding hydrogens is 370 g/mol. The molecule has 2 heterocycles. The van der Waals surface area contributed by atoms with E-state index >= 15 is 0 Å². The van der Waals surface area contributed by atoms with E-state index in [1.807, 2.05) is 17.0 Å². The number of aryl methyl sites for hydroxylation is 1. The molecule has 0 bridgehead atoms. The number of nitrogens with zero attached hydrogens (tertiary/aromatic N) is 3. The van der Waals surface area contributed by atoms with Gasteiger partial charge in [-0.15, -0.1) is 0 Å². The normalized spacial score (nSPS) is 22.0. The number of para-hydroxylation sites is 1. The average Bonchev–Trinajstić information content (AvgIpc) is 3.24. The van der Waals surface area contributed by atoms with Gasteiger partial charge in [0.25, 0.3) is 5.69 Å². The van der Waals surface area contributed by atoms with Crippen LogP contribution in [-0.4, -0.2) is 48.5 Å². The van der Waals surface area contributed by atoms with Crippen LogP contribution in [-0.2, 0) is 4.79 Å². The lowest BCUT2D eigenvalue weighted by Gasteiger charge is -2.38. The summed E-state index contributed by atoms with van der Waals surface area (Å²) in [6.07, 6.45) is 0. The Bertz CT molecular complexity index is 893. The molecule has 1 amide bonds. The van der Waals surface area contributed by atoms with Crippen LogP contribution in [0.4, 0.5) is 11.4 Å². The number of carbonyl (C=O) groups excluding carboxylic acids is 1. The fraction of sp³-hybridized carbons (Fsp3) is 0.381. The SMILES string of the molecule is Cc1ccccc1N1CCN(C(=O)C2CNNC2c2ccc([N+](=O)[O-])cc2)CC1. The van der Waals surface area contributed by atoms with Crippen molar-refractivity contribution in [2.75, 3.05) is 37.6 Å². The van der Waals surface area contributed by atoms with Crippen LogP contribution in [0.5, 0.6) is 0 Å². The Hall–Kier alpha value is -2.97. The lowest BCUT2D eigenvalue weighted by atomic mass is 9.93. The number of nitrogens with one attached hydrogen (secondary N) is 2. The van der Waals surface area contributed by atoms with E-state index in [1.165, 1.54) is 23.4 Å². The minimum absolute atomic E-state index is 0.0508. The minimum Gasteiger partial charge on any atom is -0.368 e. The van der Waals surface area contributed by atoms with Crippen molar-refractivity contribution in [1.29, 1.82) is 0 Å². The summed E-state index contributed by atoms with van der Waals surface area (Å²) in [7, 11) is 0. The first-order chi connectivity index (χ1) is 14.0. The smallest absolute Gasteiger partial charge is 0.269 e.